The minimum atomic E-state index is 0.388. The molecule has 3 nitrogen and oxygen atoms in total. The zero-order valence-electron chi connectivity index (χ0n) is 16.0. The van der Waals surface area contributed by atoms with Crippen LogP contribution in [-0.2, 0) is 0 Å². The maximum atomic E-state index is 6.06. The molecule has 2 rings (SSSR count). The first-order valence-electron chi connectivity index (χ1n) is 9.20. The number of fused-ring (bicyclic) bond motifs is 1. The highest BCUT2D eigenvalue weighted by Crippen LogP contribution is 2.43. The molecule has 0 fully saturated rings. The van der Waals surface area contributed by atoms with Gasteiger partial charge in [0.25, 0.3) is 0 Å². The standard InChI is InChI=1S/C20H34N2O/c1-8-9-16(6)13-23-18-10-11-19-20(12-18)22(15(4)5)17(7)21(19)14(2)3/h10-12,14-17H,8-9,13H2,1-7H3. The van der Waals surface area contributed by atoms with Crippen LogP contribution in [0.1, 0.15) is 61.3 Å². The van der Waals surface area contributed by atoms with Gasteiger partial charge in [0, 0.05) is 18.2 Å². The van der Waals surface area contributed by atoms with Crippen LogP contribution in [0.4, 0.5) is 11.4 Å². The summed E-state index contributed by atoms with van der Waals surface area (Å²) in [5.41, 5.74) is 2.64. The monoisotopic (exact) mass is 318 g/mol. The minimum Gasteiger partial charge on any atom is -0.493 e. The maximum absolute atomic E-state index is 6.06. The van der Waals surface area contributed by atoms with Gasteiger partial charge in [-0.25, -0.2) is 0 Å². The molecule has 0 saturated carbocycles. The van der Waals surface area contributed by atoms with Crippen LogP contribution in [0.3, 0.4) is 0 Å². The van der Waals surface area contributed by atoms with Crippen LogP contribution in [0.15, 0.2) is 18.2 Å². The molecule has 1 aromatic carbocycles. The Balaban J connectivity index is 2.23. The van der Waals surface area contributed by atoms with E-state index in [4.69, 9.17) is 4.74 Å². The van der Waals surface area contributed by atoms with Gasteiger partial charge in [0.05, 0.1) is 24.1 Å². The van der Waals surface area contributed by atoms with E-state index in [1.807, 2.05) is 0 Å². The van der Waals surface area contributed by atoms with Crippen molar-refractivity contribution in [2.24, 2.45) is 5.92 Å². The Hall–Kier alpha value is -1.38. The van der Waals surface area contributed by atoms with Crippen LogP contribution >= 0.6 is 0 Å². The second-order valence-corrected chi connectivity index (χ2v) is 7.49. The number of hydrogen-bond donors (Lipinski definition) is 0. The Kier molecular flexibility index (Phi) is 5.83. The highest BCUT2D eigenvalue weighted by molar-refractivity contribution is 5.79. The van der Waals surface area contributed by atoms with E-state index < -0.39 is 0 Å². The van der Waals surface area contributed by atoms with Gasteiger partial charge in [0.2, 0.25) is 0 Å². The normalized spacial score (nSPS) is 18.7. The van der Waals surface area contributed by atoms with Gasteiger partial charge in [-0.15, -0.1) is 0 Å². The van der Waals surface area contributed by atoms with Crippen LogP contribution in [-0.4, -0.2) is 24.9 Å². The molecule has 1 aliphatic heterocycles. The van der Waals surface area contributed by atoms with E-state index in [-0.39, 0.29) is 0 Å². The lowest BCUT2D eigenvalue weighted by Gasteiger charge is -2.35. The van der Waals surface area contributed by atoms with Crippen molar-refractivity contribution in [3.05, 3.63) is 18.2 Å². The van der Waals surface area contributed by atoms with Crippen molar-refractivity contribution in [1.82, 2.24) is 0 Å². The number of hydrogen-bond acceptors (Lipinski definition) is 3. The van der Waals surface area contributed by atoms with Gasteiger partial charge in [-0.05, 0) is 59.1 Å². The van der Waals surface area contributed by atoms with Crippen LogP contribution < -0.4 is 14.5 Å². The zero-order valence-corrected chi connectivity index (χ0v) is 16.0. The van der Waals surface area contributed by atoms with Crippen LogP contribution in [0.5, 0.6) is 5.75 Å². The third-order valence-electron chi connectivity index (χ3n) is 4.74. The molecule has 2 unspecified atom stereocenters. The lowest BCUT2D eigenvalue weighted by atomic mass is 10.1. The number of benzene rings is 1. The van der Waals surface area contributed by atoms with E-state index in [1.54, 1.807) is 0 Å². The summed E-state index contributed by atoms with van der Waals surface area (Å²) in [5.74, 6) is 1.61. The van der Waals surface area contributed by atoms with E-state index in [0.29, 0.717) is 24.2 Å². The molecule has 1 aromatic rings. The summed E-state index contributed by atoms with van der Waals surface area (Å²) in [5, 5.41) is 0. The van der Waals surface area contributed by atoms with Gasteiger partial charge in [0.15, 0.2) is 0 Å². The molecule has 0 N–H and O–H groups in total. The molecule has 0 bridgehead atoms. The van der Waals surface area contributed by atoms with Gasteiger partial charge < -0.3 is 14.5 Å². The van der Waals surface area contributed by atoms with Crippen LogP contribution in [0.25, 0.3) is 0 Å². The summed E-state index contributed by atoms with van der Waals surface area (Å²) in [7, 11) is 0. The molecule has 23 heavy (non-hydrogen) atoms. The number of rotatable bonds is 7. The summed E-state index contributed by atoms with van der Waals surface area (Å²) >= 11 is 0. The van der Waals surface area contributed by atoms with Crippen molar-refractivity contribution in [3.63, 3.8) is 0 Å². The molecule has 2 atom stereocenters. The third kappa shape index (κ3) is 3.76. The van der Waals surface area contributed by atoms with E-state index in [9.17, 15) is 0 Å². The van der Waals surface area contributed by atoms with Crippen molar-refractivity contribution in [3.8, 4) is 5.75 Å². The zero-order chi connectivity index (χ0) is 17.1. The summed E-state index contributed by atoms with van der Waals surface area (Å²) in [6, 6.07) is 7.55. The summed E-state index contributed by atoms with van der Waals surface area (Å²) in [6.07, 6.45) is 2.83. The number of nitrogens with zero attached hydrogens (tertiary/aromatic N) is 2. The highest BCUT2D eigenvalue weighted by Gasteiger charge is 2.35. The molecular weight excluding hydrogens is 284 g/mol. The molecule has 1 aliphatic rings. The first kappa shape index (κ1) is 18.0. The summed E-state index contributed by atoms with van der Waals surface area (Å²) < 4.78 is 6.06. The largest absolute Gasteiger partial charge is 0.493 e. The molecule has 3 heteroatoms. The molecule has 0 saturated heterocycles. The van der Waals surface area contributed by atoms with Gasteiger partial charge >= 0.3 is 0 Å². The topological polar surface area (TPSA) is 15.7 Å². The Morgan fingerprint density at radius 3 is 2.17 bits per heavy atom. The fourth-order valence-corrected chi connectivity index (χ4v) is 3.79. The Labute approximate surface area is 142 Å². The molecule has 0 aliphatic carbocycles. The molecule has 0 radical (unpaired) electrons. The predicted octanol–water partition coefficient (Wildman–Crippen LogP) is 5.29. The molecule has 130 valence electrons. The van der Waals surface area contributed by atoms with Crippen molar-refractivity contribution in [2.75, 3.05) is 16.4 Å². The van der Waals surface area contributed by atoms with Crippen molar-refractivity contribution in [1.29, 1.82) is 0 Å². The lowest BCUT2D eigenvalue weighted by molar-refractivity contribution is 0.251. The quantitative estimate of drug-likeness (QED) is 0.679. The SMILES string of the molecule is CCCC(C)COc1ccc2c(c1)N(C(C)C)C(C)N2C(C)C. The van der Waals surface area contributed by atoms with Crippen molar-refractivity contribution < 1.29 is 4.74 Å². The molecule has 0 aromatic heterocycles. The van der Waals surface area contributed by atoms with Crippen LogP contribution in [0.2, 0.25) is 0 Å². The summed E-state index contributed by atoms with van der Waals surface area (Å²) in [4.78, 5) is 5.00. The fourth-order valence-electron chi connectivity index (χ4n) is 3.79. The van der Waals surface area contributed by atoms with E-state index >= 15 is 0 Å². The highest BCUT2D eigenvalue weighted by atomic mass is 16.5. The first-order chi connectivity index (χ1) is 10.9. The molecular formula is C20H34N2O. The first-order valence-corrected chi connectivity index (χ1v) is 9.20. The van der Waals surface area contributed by atoms with Crippen molar-refractivity contribution >= 4 is 11.4 Å². The Morgan fingerprint density at radius 2 is 1.61 bits per heavy atom. The van der Waals surface area contributed by atoms with Gasteiger partial charge in [0.1, 0.15) is 5.75 Å². The fraction of sp³-hybridized carbons (Fsp3) is 0.700. The Morgan fingerprint density at radius 1 is 1.00 bits per heavy atom. The smallest absolute Gasteiger partial charge is 0.121 e. The predicted molar refractivity (Wildman–Crippen MR) is 101 cm³/mol. The van der Waals surface area contributed by atoms with Gasteiger partial charge in [-0.2, -0.15) is 0 Å². The minimum absolute atomic E-state index is 0.388. The van der Waals surface area contributed by atoms with Gasteiger partial charge in [-0.3, -0.25) is 0 Å². The van der Waals surface area contributed by atoms with Crippen LogP contribution in [0, 0.1) is 5.92 Å². The Bertz CT molecular complexity index is 512. The lowest BCUT2D eigenvalue weighted by Crippen LogP contribution is -2.47. The second-order valence-electron chi connectivity index (χ2n) is 7.49. The van der Waals surface area contributed by atoms with Gasteiger partial charge in [-0.1, -0.05) is 20.3 Å². The number of anilines is 2. The van der Waals surface area contributed by atoms with E-state index in [1.165, 1.54) is 24.2 Å². The van der Waals surface area contributed by atoms with Crippen molar-refractivity contribution in [2.45, 2.75) is 79.6 Å². The molecule has 0 amide bonds. The number of ether oxygens (including phenoxy) is 1. The molecule has 0 spiro atoms. The average molecular weight is 319 g/mol. The van der Waals surface area contributed by atoms with E-state index in [2.05, 4.69) is 76.5 Å². The summed E-state index contributed by atoms with van der Waals surface area (Å²) in [6.45, 7) is 16.7. The average Bonchev–Trinajstić information content (AvgIpc) is 2.76. The van der Waals surface area contributed by atoms with E-state index in [0.717, 1.165) is 12.4 Å². The maximum Gasteiger partial charge on any atom is 0.121 e. The second kappa shape index (κ2) is 7.46. The third-order valence-corrected chi connectivity index (χ3v) is 4.74. The molecule has 1 heterocycles.